The standard InChI is InChI=1S/C15H16ClNO3/c1-9-8-11(16)15-10(4-7-14(18)20-3)13(19-2)6-5-12(15)17-9/h5-6,8H,4,7H2,1-3H3. The van der Waals surface area contributed by atoms with Crippen LogP contribution in [0, 0.1) is 6.92 Å². The minimum Gasteiger partial charge on any atom is -0.496 e. The minimum absolute atomic E-state index is 0.264. The highest BCUT2D eigenvalue weighted by Crippen LogP contribution is 2.33. The molecule has 1 heterocycles. The molecule has 1 aromatic carbocycles. The zero-order valence-corrected chi connectivity index (χ0v) is 12.5. The number of aryl methyl sites for hydroxylation is 2. The van der Waals surface area contributed by atoms with Crippen molar-refractivity contribution in [2.75, 3.05) is 14.2 Å². The van der Waals surface area contributed by atoms with Gasteiger partial charge in [0.25, 0.3) is 0 Å². The van der Waals surface area contributed by atoms with Crippen LogP contribution in [0.4, 0.5) is 0 Å². The summed E-state index contributed by atoms with van der Waals surface area (Å²) in [6.07, 6.45) is 0.772. The van der Waals surface area contributed by atoms with E-state index in [4.69, 9.17) is 16.3 Å². The fourth-order valence-electron chi connectivity index (χ4n) is 2.22. The highest BCUT2D eigenvalue weighted by atomic mass is 35.5. The first kappa shape index (κ1) is 14.6. The molecule has 0 aliphatic rings. The lowest BCUT2D eigenvalue weighted by molar-refractivity contribution is -0.140. The van der Waals surface area contributed by atoms with Crippen LogP contribution in [0.3, 0.4) is 0 Å². The number of nitrogens with zero attached hydrogens (tertiary/aromatic N) is 1. The number of hydrogen-bond acceptors (Lipinski definition) is 4. The third-order valence-electron chi connectivity index (χ3n) is 3.15. The summed E-state index contributed by atoms with van der Waals surface area (Å²) in [7, 11) is 2.97. The predicted molar refractivity (Wildman–Crippen MR) is 78.4 cm³/mol. The van der Waals surface area contributed by atoms with Crippen molar-refractivity contribution < 1.29 is 14.3 Å². The molecule has 0 aliphatic carbocycles. The van der Waals surface area contributed by atoms with E-state index in [0.29, 0.717) is 17.2 Å². The van der Waals surface area contributed by atoms with Crippen molar-refractivity contribution in [1.82, 2.24) is 4.98 Å². The number of aromatic nitrogens is 1. The Morgan fingerprint density at radius 3 is 2.75 bits per heavy atom. The fraction of sp³-hybridized carbons (Fsp3) is 0.333. The van der Waals surface area contributed by atoms with Gasteiger partial charge in [0, 0.05) is 23.1 Å². The molecule has 0 spiro atoms. The van der Waals surface area contributed by atoms with Crippen molar-refractivity contribution in [2.24, 2.45) is 0 Å². The zero-order valence-electron chi connectivity index (χ0n) is 11.7. The molecular weight excluding hydrogens is 278 g/mol. The Kier molecular flexibility index (Phi) is 4.45. The van der Waals surface area contributed by atoms with E-state index in [1.165, 1.54) is 7.11 Å². The molecule has 0 bridgehead atoms. The molecule has 0 amide bonds. The summed E-state index contributed by atoms with van der Waals surface area (Å²) < 4.78 is 10.0. The smallest absolute Gasteiger partial charge is 0.305 e. The number of fused-ring (bicyclic) bond motifs is 1. The molecule has 0 atom stereocenters. The second kappa shape index (κ2) is 6.09. The van der Waals surface area contributed by atoms with Crippen LogP contribution in [0.1, 0.15) is 17.7 Å². The highest BCUT2D eigenvalue weighted by Gasteiger charge is 2.14. The van der Waals surface area contributed by atoms with Crippen LogP contribution in [0.2, 0.25) is 5.02 Å². The number of halogens is 1. The van der Waals surface area contributed by atoms with Crippen LogP contribution < -0.4 is 4.74 Å². The van der Waals surface area contributed by atoms with Crippen LogP contribution >= 0.6 is 11.6 Å². The molecular formula is C15H16ClNO3. The van der Waals surface area contributed by atoms with Gasteiger partial charge in [-0.1, -0.05) is 11.6 Å². The Morgan fingerprint density at radius 1 is 1.35 bits per heavy atom. The first-order valence-corrected chi connectivity index (χ1v) is 6.64. The second-order valence-corrected chi connectivity index (χ2v) is 4.87. The minimum atomic E-state index is -0.264. The SMILES string of the molecule is COC(=O)CCc1c(OC)ccc2nc(C)cc(Cl)c12. The summed E-state index contributed by atoms with van der Waals surface area (Å²) in [5.41, 5.74) is 2.54. The molecule has 0 radical (unpaired) electrons. The Labute approximate surface area is 122 Å². The molecule has 0 saturated heterocycles. The quantitative estimate of drug-likeness (QED) is 0.812. The largest absolute Gasteiger partial charge is 0.496 e. The van der Waals surface area contributed by atoms with E-state index in [1.54, 1.807) is 7.11 Å². The second-order valence-electron chi connectivity index (χ2n) is 4.46. The van der Waals surface area contributed by atoms with Crippen LogP contribution in [-0.4, -0.2) is 25.2 Å². The Hall–Kier alpha value is -1.81. The molecule has 2 rings (SSSR count). The first-order valence-electron chi connectivity index (χ1n) is 6.26. The summed E-state index contributed by atoms with van der Waals surface area (Å²) in [5, 5.41) is 1.45. The maximum absolute atomic E-state index is 11.3. The maximum atomic E-state index is 11.3. The number of carbonyl (C=O) groups is 1. The van der Waals surface area contributed by atoms with Crippen molar-refractivity contribution in [3.63, 3.8) is 0 Å². The molecule has 1 aromatic heterocycles. The topological polar surface area (TPSA) is 48.4 Å². The van der Waals surface area contributed by atoms with E-state index in [2.05, 4.69) is 9.72 Å². The van der Waals surface area contributed by atoms with Gasteiger partial charge < -0.3 is 9.47 Å². The summed E-state index contributed by atoms with van der Waals surface area (Å²) in [6.45, 7) is 1.89. The van der Waals surface area contributed by atoms with Gasteiger partial charge in [0.2, 0.25) is 0 Å². The number of carbonyl (C=O) groups excluding carboxylic acids is 1. The van der Waals surface area contributed by atoms with Gasteiger partial charge >= 0.3 is 5.97 Å². The Morgan fingerprint density at radius 2 is 2.10 bits per heavy atom. The van der Waals surface area contributed by atoms with E-state index in [0.717, 1.165) is 22.2 Å². The van der Waals surface area contributed by atoms with Crippen molar-refractivity contribution in [1.29, 1.82) is 0 Å². The maximum Gasteiger partial charge on any atom is 0.305 e. The molecule has 0 unspecified atom stereocenters. The van der Waals surface area contributed by atoms with Gasteiger partial charge in [-0.3, -0.25) is 9.78 Å². The van der Waals surface area contributed by atoms with Crippen molar-refractivity contribution in [2.45, 2.75) is 19.8 Å². The van der Waals surface area contributed by atoms with Gasteiger partial charge in [-0.05, 0) is 31.5 Å². The van der Waals surface area contributed by atoms with Crippen molar-refractivity contribution in [3.05, 3.63) is 34.5 Å². The van der Waals surface area contributed by atoms with E-state index in [9.17, 15) is 4.79 Å². The molecule has 5 heteroatoms. The molecule has 0 N–H and O–H groups in total. The van der Waals surface area contributed by atoms with Gasteiger partial charge in [-0.25, -0.2) is 0 Å². The van der Waals surface area contributed by atoms with E-state index >= 15 is 0 Å². The van der Waals surface area contributed by atoms with Crippen LogP contribution in [0.25, 0.3) is 10.9 Å². The lowest BCUT2D eigenvalue weighted by Gasteiger charge is -2.13. The summed E-state index contributed by atoms with van der Waals surface area (Å²) in [5.74, 6) is 0.439. The van der Waals surface area contributed by atoms with Crippen molar-refractivity contribution in [3.8, 4) is 5.75 Å². The third-order valence-corrected chi connectivity index (χ3v) is 3.44. The normalized spacial score (nSPS) is 10.6. The van der Waals surface area contributed by atoms with Crippen LogP contribution in [-0.2, 0) is 16.0 Å². The molecule has 0 aliphatic heterocycles. The van der Waals surface area contributed by atoms with Gasteiger partial charge in [0.15, 0.2) is 0 Å². The van der Waals surface area contributed by atoms with E-state index in [-0.39, 0.29) is 12.4 Å². The molecule has 4 nitrogen and oxygen atoms in total. The number of hydrogen-bond donors (Lipinski definition) is 0. The van der Waals surface area contributed by atoms with Crippen LogP contribution in [0.15, 0.2) is 18.2 Å². The average Bonchev–Trinajstić information content (AvgIpc) is 2.43. The zero-order chi connectivity index (χ0) is 14.7. The summed E-state index contributed by atoms with van der Waals surface area (Å²) >= 11 is 6.33. The highest BCUT2D eigenvalue weighted by molar-refractivity contribution is 6.35. The third kappa shape index (κ3) is 2.85. The van der Waals surface area contributed by atoms with Crippen LogP contribution in [0.5, 0.6) is 5.75 Å². The van der Waals surface area contributed by atoms with E-state index < -0.39 is 0 Å². The molecule has 2 aromatic rings. The molecule has 0 fully saturated rings. The van der Waals surface area contributed by atoms with Crippen molar-refractivity contribution >= 4 is 28.5 Å². The van der Waals surface area contributed by atoms with Gasteiger partial charge in [-0.2, -0.15) is 0 Å². The number of esters is 1. The van der Waals surface area contributed by atoms with Gasteiger partial charge in [0.1, 0.15) is 5.75 Å². The monoisotopic (exact) mass is 293 g/mol. The number of methoxy groups -OCH3 is 2. The Bertz CT molecular complexity index is 655. The fourth-order valence-corrected chi connectivity index (χ4v) is 2.59. The lowest BCUT2D eigenvalue weighted by atomic mass is 10.0. The molecule has 106 valence electrons. The van der Waals surface area contributed by atoms with Gasteiger partial charge in [0.05, 0.1) is 24.8 Å². The summed E-state index contributed by atoms with van der Waals surface area (Å²) in [6, 6.07) is 5.53. The van der Waals surface area contributed by atoms with Gasteiger partial charge in [-0.15, -0.1) is 0 Å². The number of ether oxygens (including phenoxy) is 2. The Balaban J connectivity index is 2.55. The average molecular weight is 294 g/mol. The lowest BCUT2D eigenvalue weighted by Crippen LogP contribution is -2.04. The van der Waals surface area contributed by atoms with E-state index in [1.807, 2.05) is 25.1 Å². The first-order chi connectivity index (χ1) is 9.56. The predicted octanol–water partition coefficient (Wildman–Crippen LogP) is 3.31. The number of benzene rings is 1. The number of rotatable bonds is 4. The molecule has 0 saturated carbocycles. The summed E-state index contributed by atoms with van der Waals surface area (Å²) in [4.78, 5) is 15.8. The molecule has 20 heavy (non-hydrogen) atoms. The number of pyridine rings is 1.